The maximum atomic E-state index is 4.81. The van der Waals surface area contributed by atoms with Crippen molar-refractivity contribution in [3.05, 3.63) is 42.1 Å². The molecule has 2 heterocycles. The fourth-order valence-corrected chi connectivity index (χ4v) is 3.03. The minimum atomic E-state index is 0.164. The van der Waals surface area contributed by atoms with Crippen molar-refractivity contribution in [3.63, 3.8) is 0 Å². The van der Waals surface area contributed by atoms with E-state index >= 15 is 0 Å². The van der Waals surface area contributed by atoms with Gasteiger partial charge in [-0.2, -0.15) is 0 Å². The molecule has 1 aliphatic rings. The summed E-state index contributed by atoms with van der Waals surface area (Å²) in [5.41, 5.74) is 2.45. The van der Waals surface area contributed by atoms with Crippen LogP contribution in [0.15, 0.2) is 36.4 Å². The lowest BCUT2D eigenvalue weighted by atomic mass is 9.94. The molecule has 0 atom stereocenters. The normalized spacial score (nSPS) is 17.5. The Labute approximate surface area is 121 Å². The zero-order valence-electron chi connectivity index (χ0n) is 12.4. The molecule has 0 radical (unpaired) electrons. The summed E-state index contributed by atoms with van der Waals surface area (Å²) in [6, 6.07) is 12.7. The maximum absolute atomic E-state index is 4.81. The predicted molar refractivity (Wildman–Crippen MR) is 84.0 cm³/mol. The number of nitrogens with zero attached hydrogens (tertiary/aromatic N) is 2. The predicted octanol–water partition coefficient (Wildman–Crippen LogP) is 2.46. The van der Waals surface area contributed by atoms with Crippen LogP contribution in [0.4, 0.5) is 0 Å². The number of benzene rings is 1. The number of para-hydroxylation sites is 1. The smallest absolute Gasteiger partial charge is 0.0705 e. The summed E-state index contributed by atoms with van der Waals surface area (Å²) in [6.45, 7) is 9.09. The number of hydrogen-bond donors (Lipinski definition) is 1. The molecule has 20 heavy (non-hydrogen) atoms. The van der Waals surface area contributed by atoms with Crippen molar-refractivity contribution in [2.45, 2.75) is 25.8 Å². The van der Waals surface area contributed by atoms with Crippen LogP contribution in [0.5, 0.6) is 0 Å². The number of pyridine rings is 1. The second kappa shape index (κ2) is 5.51. The fourth-order valence-electron chi connectivity index (χ4n) is 3.03. The van der Waals surface area contributed by atoms with Gasteiger partial charge in [-0.3, -0.25) is 9.88 Å². The molecule has 3 nitrogen and oxygen atoms in total. The molecular weight excluding hydrogens is 246 g/mol. The van der Waals surface area contributed by atoms with Crippen molar-refractivity contribution in [2.24, 2.45) is 0 Å². The summed E-state index contributed by atoms with van der Waals surface area (Å²) in [6.07, 6.45) is 0.998. The van der Waals surface area contributed by atoms with E-state index < -0.39 is 0 Å². The highest BCUT2D eigenvalue weighted by atomic mass is 15.2. The van der Waals surface area contributed by atoms with Crippen LogP contribution >= 0.6 is 0 Å². The number of nitrogens with one attached hydrogen (secondary N) is 1. The zero-order valence-corrected chi connectivity index (χ0v) is 12.4. The first-order valence-electron chi connectivity index (χ1n) is 7.46. The van der Waals surface area contributed by atoms with Gasteiger partial charge in [-0.15, -0.1) is 0 Å². The first kappa shape index (κ1) is 13.5. The molecule has 106 valence electrons. The molecule has 2 aromatic rings. The molecule has 1 aromatic carbocycles. The van der Waals surface area contributed by atoms with E-state index in [4.69, 9.17) is 4.98 Å². The molecule has 0 saturated carbocycles. The molecule has 0 aliphatic carbocycles. The van der Waals surface area contributed by atoms with Gasteiger partial charge in [-0.05, 0) is 26.0 Å². The van der Waals surface area contributed by atoms with E-state index in [-0.39, 0.29) is 5.54 Å². The third kappa shape index (κ3) is 2.84. The van der Waals surface area contributed by atoms with Crippen molar-refractivity contribution in [1.29, 1.82) is 0 Å². The van der Waals surface area contributed by atoms with Crippen molar-refractivity contribution in [2.75, 3.05) is 26.2 Å². The first-order chi connectivity index (χ1) is 9.65. The second-order valence-electron chi connectivity index (χ2n) is 6.22. The van der Waals surface area contributed by atoms with Crippen LogP contribution in [0.2, 0.25) is 0 Å². The lowest BCUT2D eigenvalue weighted by Crippen LogP contribution is -2.54. The molecule has 1 aliphatic heterocycles. The molecule has 3 heteroatoms. The summed E-state index contributed by atoms with van der Waals surface area (Å²) in [5, 5.41) is 4.64. The van der Waals surface area contributed by atoms with E-state index in [1.165, 1.54) is 11.1 Å². The third-order valence-corrected chi connectivity index (χ3v) is 4.24. The number of piperazine rings is 1. The average molecular weight is 269 g/mol. The third-order valence-electron chi connectivity index (χ3n) is 4.24. The van der Waals surface area contributed by atoms with E-state index in [9.17, 15) is 0 Å². The highest BCUT2D eigenvalue weighted by Crippen LogP contribution is 2.21. The van der Waals surface area contributed by atoms with Crippen LogP contribution in [-0.2, 0) is 6.42 Å². The minimum Gasteiger partial charge on any atom is -0.314 e. The minimum absolute atomic E-state index is 0.164. The van der Waals surface area contributed by atoms with E-state index in [0.29, 0.717) is 0 Å². The molecule has 0 bridgehead atoms. The van der Waals surface area contributed by atoms with Gasteiger partial charge in [0.15, 0.2) is 0 Å². The van der Waals surface area contributed by atoms with Crippen molar-refractivity contribution in [3.8, 4) is 0 Å². The number of rotatable bonds is 3. The van der Waals surface area contributed by atoms with Crippen LogP contribution in [0, 0.1) is 0 Å². The molecule has 0 amide bonds. The maximum Gasteiger partial charge on any atom is 0.0705 e. The van der Waals surface area contributed by atoms with Crippen LogP contribution in [0.3, 0.4) is 0 Å². The van der Waals surface area contributed by atoms with E-state index in [0.717, 1.165) is 38.1 Å². The van der Waals surface area contributed by atoms with Crippen molar-refractivity contribution >= 4 is 10.9 Å². The molecule has 1 fully saturated rings. The average Bonchev–Trinajstić information content (AvgIpc) is 2.48. The van der Waals surface area contributed by atoms with Crippen molar-refractivity contribution in [1.82, 2.24) is 15.2 Å². The summed E-state index contributed by atoms with van der Waals surface area (Å²) in [5.74, 6) is 0. The summed E-state index contributed by atoms with van der Waals surface area (Å²) < 4.78 is 0. The van der Waals surface area contributed by atoms with Gasteiger partial charge >= 0.3 is 0 Å². The largest absolute Gasteiger partial charge is 0.314 e. The number of aromatic nitrogens is 1. The highest BCUT2D eigenvalue weighted by Gasteiger charge is 2.28. The van der Waals surface area contributed by atoms with Gasteiger partial charge in [-0.1, -0.05) is 24.3 Å². The van der Waals surface area contributed by atoms with Crippen molar-refractivity contribution < 1.29 is 0 Å². The highest BCUT2D eigenvalue weighted by molar-refractivity contribution is 5.78. The Hall–Kier alpha value is -1.45. The Balaban J connectivity index is 1.80. The van der Waals surface area contributed by atoms with E-state index in [1.54, 1.807) is 0 Å². The van der Waals surface area contributed by atoms with Gasteiger partial charge in [0.05, 0.1) is 5.52 Å². The topological polar surface area (TPSA) is 28.2 Å². The second-order valence-corrected chi connectivity index (χ2v) is 6.22. The van der Waals surface area contributed by atoms with Crippen LogP contribution in [0.1, 0.15) is 19.5 Å². The Bertz CT molecular complexity index is 586. The quantitative estimate of drug-likeness (QED) is 0.928. The summed E-state index contributed by atoms with van der Waals surface area (Å²) >= 11 is 0. The molecule has 1 N–H and O–H groups in total. The van der Waals surface area contributed by atoms with Gasteiger partial charge in [0, 0.05) is 49.2 Å². The van der Waals surface area contributed by atoms with E-state index in [2.05, 4.69) is 60.5 Å². The van der Waals surface area contributed by atoms with Gasteiger partial charge in [0.25, 0.3) is 0 Å². The standard InChI is InChI=1S/C17H23N3/c1-17(2,20-11-9-18-10-12-20)13-15-8-7-14-5-3-4-6-16(14)19-15/h3-8,18H,9-13H2,1-2H3. The van der Waals surface area contributed by atoms with Crippen LogP contribution in [-0.4, -0.2) is 41.6 Å². The van der Waals surface area contributed by atoms with Gasteiger partial charge in [0.2, 0.25) is 0 Å². The van der Waals surface area contributed by atoms with Crippen LogP contribution < -0.4 is 5.32 Å². The molecule has 1 aromatic heterocycles. The summed E-state index contributed by atoms with van der Waals surface area (Å²) in [4.78, 5) is 7.38. The Morgan fingerprint density at radius 3 is 2.65 bits per heavy atom. The molecule has 3 rings (SSSR count). The molecule has 0 unspecified atom stereocenters. The number of fused-ring (bicyclic) bond motifs is 1. The fraction of sp³-hybridized carbons (Fsp3) is 0.471. The Morgan fingerprint density at radius 2 is 1.85 bits per heavy atom. The van der Waals surface area contributed by atoms with Gasteiger partial charge in [-0.25, -0.2) is 0 Å². The molecule has 1 saturated heterocycles. The number of hydrogen-bond acceptors (Lipinski definition) is 3. The summed E-state index contributed by atoms with van der Waals surface area (Å²) in [7, 11) is 0. The monoisotopic (exact) mass is 269 g/mol. The zero-order chi connectivity index (χ0) is 14.0. The van der Waals surface area contributed by atoms with Crippen LogP contribution in [0.25, 0.3) is 10.9 Å². The Morgan fingerprint density at radius 1 is 1.10 bits per heavy atom. The molecular formula is C17H23N3. The lowest BCUT2D eigenvalue weighted by Gasteiger charge is -2.41. The molecule has 0 spiro atoms. The lowest BCUT2D eigenvalue weighted by molar-refractivity contribution is 0.103. The first-order valence-corrected chi connectivity index (χ1v) is 7.46. The van der Waals surface area contributed by atoms with E-state index in [1.807, 2.05) is 0 Å². The Kier molecular flexibility index (Phi) is 3.72. The van der Waals surface area contributed by atoms with Gasteiger partial charge < -0.3 is 5.32 Å². The van der Waals surface area contributed by atoms with Gasteiger partial charge in [0.1, 0.15) is 0 Å². The SMILES string of the molecule is CC(C)(Cc1ccc2ccccc2n1)N1CCNCC1.